The number of rotatable bonds is 4. The third-order valence-corrected chi connectivity index (χ3v) is 5.50. The summed E-state index contributed by atoms with van der Waals surface area (Å²) in [7, 11) is 0. The summed E-state index contributed by atoms with van der Waals surface area (Å²) in [4.78, 5) is 9.77. The summed E-state index contributed by atoms with van der Waals surface area (Å²) < 4.78 is 165. The minimum absolute atomic E-state index is 0.181. The molecule has 1 aromatic rings. The van der Waals surface area contributed by atoms with Gasteiger partial charge in [0.05, 0.1) is 10.3 Å². The number of nitro groups is 1. The summed E-state index contributed by atoms with van der Waals surface area (Å²) in [6, 6.07) is 1.87. The van der Waals surface area contributed by atoms with Gasteiger partial charge in [-0.15, -0.1) is 0 Å². The molecule has 16 heteroatoms. The molecular formula is C17H8F12INO2. The number of hydrogen-bond donors (Lipinski definition) is 0. The first-order valence-electron chi connectivity index (χ1n) is 8.23. The highest BCUT2D eigenvalue weighted by atomic mass is 127. The number of para-hydroxylation sites is 1. The van der Waals surface area contributed by atoms with Gasteiger partial charge in [-0.2, -0.15) is 48.3 Å². The maximum Gasteiger partial charge on any atom is 0.457 e. The van der Waals surface area contributed by atoms with Crippen LogP contribution in [0.15, 0.2) is 45.6 Å². The van der Waals surface area contributed by atoms with E-state index in [9.17, 15) is 58.4 Å². The molecule has 0 saturated carbocycles. The van der Waals surface area contributed by atoms with Crippen LogP contribution in [0.2, 0.25) is 0 Å². The summed E-state index contributed by atoms with van der Waals surface area (Å²) in [5.74, 6) is -7.35. The second-order valence-corrected chi connectivity index (χ2v) is 8.19. The van der Waals surface area contributed by atoms with Crippen LogP contribution in [0.5, 0.6) is 0 Å². The second kappa shape index (κ2) is 8.04. The van der Waals surface area contributed by atoms with E-state index < -0.39 is 73.4 Å². The van der Waals surface area contributed by atoms with E-state index in [4.69, 9.17) is 0 Å². The Morgan fingerprint density at radius 3 is 1.79 bits per heavy atom. The molecule has 0 N–H and O–H groups in total. The van der Waals surface area contributed by atoms with Crippen molar-refractivity contribution in [3.8, 4) is 0 Å². The van der Waals surface area contributed by atoms with E-state index in [1.54, 1.807) is 0 Å². The van der Waals surface area contributed by atoms with Crippen molar-refractivity contribution in [1.29, 1.82) is 0 Å². The molecule has 0 aliphatic heterocycles. The van der Waals surface area contributed by atoms with Crippen LogP contribution in [-0.4, -0.2) is 35.0 Å². The largest absolute Gasteiger partial charge is 0.457 e. The lowest BCUT2D eigenvalue weighted by Crippen LogP contribution is -2.71. The topological polar surface area (TPSA) is 43.1 Å². The Hall–Kier alpha value is -2.01. The van der Waals surface area contributed by atoms with E-state index in [-0.39, 0.29) is 12.1 Å². The van der Waals surface area contributed by atoms with Gasteiger partial charge in [-0.3, -0.25) is 10.1 Å². The summed E-state index contributed by atoms with van der Waals surface area (Å²) >= 11 is 0.901. The zero-order valence-electron chi connectivity index (χ0n) is 15.3. The molecule has 3 nitrogen and oxygen atoms in total. The fourth-order valence-corrected chi connectivity index (χ4v) is 4.32. The van der Waals surface area contributed by atoms with E-state index in [1.807, 2.05) is 0 Å². The average Bonchev–Trinajstić information content (AvgIpc) is 2.64. The lowest BCUT2D eigenvalue weighted by atomic mass is 9.61. The monoisotopic (exact) mass is 613 g/mol. The summed E-state index contributed by atoms with van der Waals surface area (Å²) in [6.45, 7) is 0. The van der Waals surface area contributed by atoms with Crippen molar-refractivity contribution in [1.82, 2.24) is 0 Å². The Morgan fingerprint density at radius 2 is 1.36 bits per heavy atom. The van der Waals surface area contributed by atoms with E-state index in [2.05, 4.69) is 0 Å². The predicted molar refractivity (Wildman–Crippen MR) is 96.5 cm³/mol. The minimum Gasteiger partial charge on any atom is -0.258 e. The molecule has 0 fully saturated rings. The third kappa shape index (κ3) is 4.18. The SMILES string of the molecule is O=[N+]([O-])c1ccccc1C1(C(F)(C(F)(F)F)C(F)(F)C(F)(F)F)C=C(I)CC(C(F)(F)F)=C1. The lowest BCUT2D eigenvalue weighted by molar-refractivity contribution is -0.397. The Morgan fingerprint density at radius 1 is 0.848 bits per heavy atom. The Bertz CT molecular complexity index is 1010. The minimum atomic E-state index is -7.35. The predicted octanol–water partition coefficient (Wildman–Crippen LogP) is 7.51. The number of nitrogens with zero attached hydrogens (tertiary/aromatic N) is 1. The molecule has 0 saturated heterocycles. The van der Waals surface area contributed by atoms with Gasteiger partial charge in [0.2, 0.25) is 0 Å². The van der Waals surface area contributed by atoms with Crippen molar-refractivity contribution < 1.29 is 57.6 Å². The van der Waals surface area contributed by atoms with Gasteiger partial charge in [0, 0.05) is 23.6 Å². The quantitative estimate of drug-likeness (QED) is 0.116. The molecule has 184 valence electrons. The summed E-state index contributed by atoms with van der Waals surface area (Å²) in [5, 5.41) is 11.3. The smallest absolute Gasteiger partial charge is 0.258 e. The van der Waals surface area contributed by atoms with Crippen molar-refractivity contribution in [3.63, 3.8) is 0 Å². The number of alkyl halides is 12. The van der Waals surface area contributed by atoms with Crippen molar-refractivity contribution in [3.05, 3.63) is 61.2 Å². The van der Waals surface area contributed by atoms with E-state index in [1.165, 1.54) is 0 Å². The van der Waals surface area contributed by atoms with Gasteiger partial charge >= 0.3 is 24.5 Å². The van der Waals surface area contributed by atoms with Gasteiger partial charge in [-0.1, -0.05) is 30.4 Å². The van der Waals surface area contributed by atoms with Gasteiger partial charge in [-0.25, -0.2) is 4.39 Å². The van der Waals surface area contributed by atoms with Crippen LogP contribution in [0, 0.1) is 10.1 Å². The third-order valence-electron chi connectivity index (χ3n) is 4.81. The van der Waals surface area contributed by atoms with Crippen LogP contribution in [0.3, 0.4) is 0 Å². The van der Waals surface area contributed by atoms with Crippen molar-refractivity contribution in [2.24, 2.45) is 0 Å². The molecule has 2 atom stereocenters. The van der Waals surface area contributed by atoms with Gasteiger partial charge < -0.3 is 0 Å². The number of hydrogen-bond acceptors (Lipinski definition) is 2. The Labute approximate surface area is 189 Å². The molecule has 0 aromatic heterocycles. The average molecular weight is 613 g/mol. The first-order chi connectivity index (χ1) is 14.6. The van der Waals surface area contributed by atoms with E-state index in [0.29, 0.717) is 12.1 Å². The van der Waals surface area contributed by atoms with Crippen molar-refractivity contribution >= 4 is 28.3 Å². The standard InChI is InChI=1S/C17H8F12INO2/c18-13(19,20)8-5-9(30)7-12(6-8,10-3-1-2-4-11(10)31(32)33)14(21,16(24,25)26)15(22,23)17(27,28)29/h1-4,6-7H,5H2. The van der Waals surface area contributed by atoms with Crippen molar-refractivity contribution in [2.45, 2.75) is 42.0 Å². The van der Waals surface area contributed by atoms with Gasteiger partial charge in [0.1, 0.15) is 0 Å². The Balaban J connectivity index is 3.24. The molecule has 1 aromatic carbocycles. The molecule has 2 rings (SSSR count). The zero-order chi connectivity index (χ0) is 25.8. The first-order valence-corrected chi connectivity index (χ1v) is 9.31. The number of nitro benzene ring substituents is 1. The first kappa shape index (κ1) is 27.2. The van der Waals surface area contributed by atoms with Crippen LogP contribution >= 0.6 is 22.6 Å². The second-order valence-electron chi connectivity index (χ2n) is 6.81. The maximum atomic E-state index is 15.7. The zero-order valence-corrected chi connectivity index (χ0v) is 17.5. The molecule has 0 bridgehead atoms. The fourth-order valence-electron chi connectivity index (χ4n) is 3.42. The van der Waals surface area contributed by atoms with E-state index in [0.717, 1.165) is 28.7 Å². The number of benzene rings is 1. The van der Waals surface area contributed by atoms with Crippen LogP contribution in [0.4, 0.5) is 58.4 Å². The maximum absolute atomic E-state index is 15.7. The molecule has 0 heterocycles. The summed E-state index contributed by atoms with van der Waals surface area (Å²) in [5.41, 5.74) is -17.0. The molecule has 0 radical (unpaired) electrons. The molecule has 2 unspecified atom stereocenters. The van der Waals surface area contributed by atoms with Gasteiger partial charge in [0.25, 0.3) is 11.4 Å². The Kier molecular flexibility index (Phi) is 6.64. The molecule has 1 aliphatic rings. The van der Waals surface area contributed by atoms with Crippen LogP contribution in [0.1, 0.15) is 12.0 Å². The molecule has 1 aliphatic carbocycles. The molecule has 0 spiro atoms. The molecular weight excluding hydrogens is 605 g/mol. The van der Waals surface area contributed by atoms with Crippen LogP contribution < -0.4 is 0 Å². The lowest BCUT2D eigenvalue weighted by Gasteiger charge is -2.48. The highest BCUT2D eigenvalue weighted by molar-refractivity contribution is 14.1. The van der Waals surface area contributed by atoms with Crippen LogP contribution in [0.25, 0.3) is 0 Å². The van der Waals surface area contributed by atoms with Gasteiger partial charge in [0.15, 0.2) is 0 Å². The van der Waals surface area contributed by atoms with Crippen molar-refractivity contribution in [2.75, 3.05) is 0 Å². The van der Waals surface area contributed by atoms with E-state index >= 15 is 4.39 Å². The van der Waals surface area contributed by atoms with Gasteiger partial charge in [-0.05, 0) is 26.2 Å². The number of allylic oxidation sites excluding steroid dienone is 4. The fraction of sp³-hybridized carbons (Fsp3) is 0.412. The highest BCUT2D eigenvalue weighted by Crippen LogP contribution is 2.64. The molecule has 33 heavy (non-hydrogen) atoms. The summed E-state index contributed by atoms with van der Waals surface area (Å²) in [6.07, 6.45) is -22.3. The highest BCUT2D eigenvalue weighted by Gasteiger charge is 2.87. The normalized spacial score (nSPS) is 22.3. The molecule has 0 amide bonds. The number of halogens is 13. The van der Waals surface area contributed by atoms with Crippen LogP contribution in [-0.2, 0) is 5.41 Å².